The highest BCUT2D eigenvalue weighted by atomic mass is 15.3. The molecule has 0 fully saturated rings. The second-order valence-electron chi connectivity index (χ2n) is 3.54. The molecular formula is C11H17N3. The molecule has 0 saturated carbocycles. The molecule has 1 atom stereocenters. The molecule has 0 saturated heterocycles. The van der Waals surface area contributed by atoms with Gasteiger partial charge in [-0.25, -0.2) is 0 Å². The fourth-order valence-corrected chi connectivity index (χ4v) is 1.55. The number of rotatable bonds is 4. The van der Waals surface area contributed by atoms with Crippen LogP contribution in [0.2, 0.25) is 0 Å². The maximum Gasteiger partial charge on any atom is 0.0597 e. The van der Waals surface area contributed by atoms with Gasteiger partial charge in [0.05, 0.1) is 11.4 Å². The van der Waals surface area contributed by atoms with E-state index < -0.39 is 0 Å². The van der Waals surface area contributed by atoms with E-state index >= 15 is 0 Å². The maximum atomic E-state index is 6.02. The van der Waals surface area contributed by atoms with Crippen molar-refractivity contribution >= 4 is 0 Å². The molecule has 0 aromatic carbocycles. The van der Waals surface area contributed by atoms with Gasteiger partial charge in [-0.05, 0) is 25.8 Å². The lowest BCUT2D eigenvalue weighted by Gasteiger charge is -2.10. The standard InChI is InChI=1S/C11H17N3/c1-4-5-6-7-10(12)11-8-9(2)13-14(11)3/h1,8,10H,5-7,12H2,2-3H3. The van der Waals surface area contributed by atoms with Crippen LogP contribution in [0, 0.1) is 19.3 Å². The van der Waals surface area contributed by atoms with Crippen molar-refractivity contribution in [2.24, 2.45) is 12.8 Å². The van der Waals surface area contributed by atoms with Gasteiger partial charge in [0.1, 0.15) is 0 Å². The van der Waals surface area contributed by atoms with Crippen molar-refractivity contribution in [2.75, 3.05) is 0 Å². The summed E-state index contributed by atoms with van der Waals surface area (Å²) in [5, 5.41) is 4.26. The summed E-state index contributed by atoms with van der Waals surface area (Å²) in [4.78, 5) is 0. The Labute approximate surface area is 85.3 Å². The Hall–Kier alpha value is -1.27. The van der Waals surface area contributed by atoms with Gasteiger partial charge in [0, 0.05) is 19.5 Å². The summed E-state index contributed by atoms with van der Waals surface area (Å²) in [5.41, 5.74) is 8.11. The van der Waals surface area contributed by atoms with Gasteiger partial charge in [0.2, 0.25) is 0 Å². The first-order valence-corrected chi connectivity index (χ1v) is 4.84. The summed E-state index contributed by atoms with van der Waals surface area (Å²) >= 11 is 0. The molecule has 76 valence electrons. The quantitative estimate of drug-likeness (QED) is 0.579. The number of terminal acetylenes is 1. The van der Waals surface area contributed by atoms with E-state index in [4.69, 9.17) is 12.2 Å². The summed E-state index contributed by atoms with van der Waals surface area (Å²) in [6.07, 6.45) is 7.87. The topological polar surface area (TPSA) is 43.8 Å². The van der Waals surface area contributed by atoms with Crippen LogP contribution in [0.1, 0.15) is 36.7 Å². The summed E-state index contributed by atoms with van der Waals surface area (Å²) < 4.78 is 1.84. The second kappa shape index (κ2) is 4.83. The molecule has 3 heteroatoms. The van der Waals surface area contributed by atoms with Crippen molar-refractivity contribution < 1.29 is 0 Å². The zero-order valence-electron chi connectivity index (χ0n) is 8.83. The van der Waals surface area contributed by atoms with Crippen LogP contribution < -0.4 is 5.73 Å². The molecule has 1 unspecified atom stereocenters. The molecule has 0 amide bonds. The largest absolute Gasteiger partial charge is 0.323 e. The van der Waals surface area contributed by atoms with Gasteiger partial charge in [-0.2, -0.15) is 5.10 Å². The van der Waals surface area contributed by atoms with Crippen molar-refractivity contribution in [3.8, 4) is 12.3 Å². The molecule has 0 aliphatic carbocycles. The van der Waals surface area contributed by atoms with Crippen LogP contribution in [0.25, 0.3) is 0 Å². The van der Waals surface area contributed by atoms with E-state index in [1.54, 1.807) is 0 Å². The molecule has 0 bridgehead atoms. The minimum Gasteiger partial charge on any atom is -0.323 e. The van der Waals surface area contributed by atoms with Crippen LogP contribution in [0.4, 0.5) is 0 Å². The third-order valence-corrected chi connectivity index (χ3v) is 2.25. The average molecular weight is 191 g/mol. The van der Waals surface area contributed by atoms with Gasteiger partial charge in [-0.15, -0.1) is 12.3 Å². The van der Waals surface area contributed by atoms with E-state index in [0.717, 1.165) is 30.7 Å². The van der Waals surface area contributed by atoms with E-state index in [0.29, 0.717) is 0 Å². The maximum absolute atomic E-state index is 6.02. The Morgan fingerprint density at radius 1 is 1.71 bits per heavy atom. The monoisotopic (exact) mass is 191 g/mol. The predicted octanol–water partition coefficient (Wildman–Crippen LogP) is 1.53. The van der Waals surface area contributed by atoms with Crippen LogP contribution in [0.5, 0.6) is 0 Å². The number of aromatic nitrogens is 2. The van der Waals surface area contributed by atoms with Crippen LogP contribution in [0.3, 0.4) is 0 Å². The lowest BCUT2D eigenvalue weighted by Crippen LogP contribution is -2.14. The number of nitrogens with zero attached hydrogens (tertiary/aromatic N) is 2. The molecule has 3 nitrogen and oxygen atoms in total. The van der Waals surface area contributed by atoms with Gasteiger partial charge in [-0.1, -0.05) is 0 Å². The summed E-state index contributed by atoms with van der Waals surface area (Å²) in [6, 6.07) is 2.08. The predicted molar refractivity (Wildman–Crippen MR) is 57.6 cm³/mol. The van der Waals surface area contributed by atoms with E-state index in [2.05, 4.69) is 11.0 Å². The van der Waals surface area contributed by atoms with Crippen molar-refractivity contribution in [3.63, 3.8) is 0 Å². The molecule has 1 aromatic heterocycles. The molecule has 1 rings (SSSR count). The minimum atomic E-state index is 0.0505. The third-order valence-electron chi connectivity index (χ3n) is 2.25. The van der Waals surface area contributed by atoms with Gasteiger partial charge >= 0.3 is 0 Å². The Bertz CT molecular complexity index is 333. The number of unbranched alkanes of at least 4 members (excludes halogenated alkanes) is 1. The smallest absolute Gasteiger partial charge is 0.0597 e. The van der Waals surface area contributed by atoms with Crippen molar-refractivity contribution in [3.05, 3.63) is 17.5 Å². The highest BCUT2D eigenvalue weighted by Gasteiger charge is 2.10. The highest BCUT2D eigenvalue weighted by molar-refractivity contribution is 5.12. The normalized spacial score (nSPS) is 12.4. The van der Waals surface area contributed by atoms with Crippen LogP contribution in [-0.2, 0) is 7.05 Å². The summed E-state index contributed by atoms with van der Waals surface area (Å²) in [7, 11) is 1.92. The lowest BCUT2D eigenvalue weighted by molar-refractivity contribution is 0.564. The summed E-state index contributed by atoms with van der Waals surface area (Å²) in [5.74, 6) is 2.62. The minimum absolute atomic E-state index is 0.0505. The number of aryl methyl sites for hydroxylation is 2. The first-order chi connectivity index (χ1) is 6.65. The van der Waals surface area contributed by atoms with Crippen molar-refractivity contribution in [1.29, 1.82) is 0 Å². The first kappa shape index (κ1) is 10.8. The number of hydrogen-bond donors (Lipinski definition) is 1. The summed E-state index contributed by atoms with van der Waals surface area (Å²) in [6.45, 7) is 1.97. The van der Waals surface area contributed by atoms with Gasteiger partial charge in [0.25, 0.3) is 0 Å². The van der Waals surface area contributed by atoms with E-state index in [9.17, 15) is 0 Å². The zero-order valence-corrected chi connectivity index (χ0v) is 8.83. The van der Waals surface area contributed by atoms with Crippen LogP contribution >= 0.6 is 0 Å². The molecular weight excluding hydrogens is 174 g/mol. The fraction of sp³-hybridized carbons (Fsp3) is 0.545. The number of nitrogens with two attached hydrogens (primary N) is 1. The number of hydrogen-bond acceptors (Lipinski definition) is 2. The Balaban J connectivity index is 2.56. The Morgan fingerprint density at radius 3 is 2.93 bits per heavy atom. The van der Waals surface area contributed by atoms with Crippen molar-refractivity contribution in [1.82, 2.24) is 9.78 Å². The van der Waals surface area contributed by atoms with Crippen LogP contribution in [-0.4, -0.2) is 9.78 Å². The lowest BCUT2D eigenvalue weighted by atomic mass is 10.1. The highest BCUT2D eigenvalue weighted by Crippen LogP contribution is 2.16. The second-order valence-corrected chi connectivity index (χ2v) is 3.54. The van der Waals surface area contributed by atoms with Crippen molar-refractivity contribution in [2.45, 2.75) is 32.2 Å². The van der Waals surface area contributed by atoms with E-state index in [1.165, 1.54) is 0 Å². The zero-order chi connectivity index (χ0) is 10.6. The molecule has 1 heterocycles. The molecule has 0 spiro atoms. The molecule has 2 N–H and O–H groups in total. The SMILES string of the molecule is C#CCCCC(N)c1cc(C)nn1C. The Morgan fingerprint density at radius 2 is 2.43 bits per heavy atom. The van der Waals surface area contributed by atoms with Gasteiger partial charge in [-0.3, -0.25) is 4.68 Å². The fourth-order valence-electron chi connectivity index (χ4n) is 1.55. The third kappa shape index (κ3) is 2.61. The average Bonchev–Trinajstić information content (AvgIpc) is 2.45. The Kier molecular flexibility index (Phi) is 3.73. The van der Waals surface area contributed by atoms with E-state index in [1.807, 2.05) is 24.7 Å². The van der Waals surface area contributed by atoms with Gasteiger partial charge in [0.15, 0.2) is 0 Å². The molecule has 0 radical (unpaired) electrons. The molecule has 1 aromatic rings. The molecule has 0 aliphatic rings. The molecule has 0 aliphatic heterocycles. The van der Waals surface area contributed by atoms with E-state index in [-0.39, 0.29) is 6.04 Å². The van der Waals surface area contributed by atoms with Crippen LogP contribution in [0.15, 0.2) is 6.07 Å². The molecule has 14 heavy (non-hydrogen) atoms. The van der Waals surface area contributed by atoms with Gasteiger partial charge < -0.3 is 5.73 Å². The first-order valence-electron chi connectivity index (χ1n) is 4.84.